The first kappa shape index (κ1) is 36.9. The maximum atomic E-state index is 6.00. The highest BCUT2D eigenvalue weighted by atomic mass is 16.6. The van der Waals surface area contributed by atoms with Crippen LogP contribution in [-0.2, 0) is 39.3 Å². The molecule has 2 aromatic carbocycles. The zero-order valence-corrected chi connectivity index (χ0v) is 29.2. The lowest BCUT2D eigenvalue weighted by Crippen LogP contribution is -2.30. The molecule has 0 unspecified atom stereocenters. The van der Waals surface area contributed by atoms with E-state index in [0.717, 1.165) is 13.1 Å². The number of allylic oxidation sites excluding steroid dienone is 4. The molecule has 0 saturated heterocycles. The van der Waals surface area contributed by atoms with Crippen LogP contribution in [0, 0.1) is 0 Å². The number of anilines is 1. The normalized spacial score (nSPS) is 17.3. The fraction of sp³-hybridized carbons (Fsp3) is 0.553. The second-order valence-corrected chi connectivity index (χ2v) is 12.7. The smallest absolute Gasteiger partial charge is 0.209 e. The van der Waals surface area contributed by atoms with Gasteiger partial charge in [0.1, 0.15) is 6.61 Å². The molecule has 4 rings (SSSR count). The molecule has 258 valence electrons. The minimum Gasteiger partial charge on any atom is -0.382 e. The van der Waals surface area contributed by atoms with Crippen LogP contribution in [0.3, 0.4) is 0 Å². The van der Waals surface area contributed by atoms with Crippen LogP contribution in [0.2, 0.25) is 0 Å². The summed E-state index contributed by atoms with van der Waals surface area (Å²) in [6, 6.07) is 17.4. The number of methoxy groups -OCH3 is 1. The number of hydrogen-bond donors (Lipinski definition) is 1. The topological polar surface area (TPSA) is 87.7 Å². The van der Waals surface area contributed by atoms with Gasteiger partial charge < -0.3 is 39.1 Å². The molecule has 2 aliphatic heterocycles. The van der Waals surface area contributed by atoms with Gasteiger partial charge >= 0.3 is 0 Å². The monoisotopic (exact) mass is 650 g/mol. The first-order valence-electron chi connectivity index (χ1n) is 16.9. The molecular weight excluding hydrogens is 594 g/mol. The number of nitrogens with zero attached hydrogens (tertiary/aromatic N) is 2. The number of para-hydroxylation sites is 2. The second kappa shape index (κ2) is 18.6. The van der Waals surface area contributed by atoms with Crippen LogP contribution in [0.25, 0.3) is 0 Å². The molecule has 0 fully saturated rings. The molecular formula is C38H56N3O6+. The molecule has 0 amide bonds. The highest BCUT2D eigenvalue weighted by Crippen LogP contribution is 2.47. The third-order valence-corrected chi connectivity index (χ3v) is 8.84. The van der Waals surface area contributed by atoms with Gasteiger partial charge in [0.2, 0.25) is 5.69 Å². The second-order valence-electron chi connectivity index (χ2n) is 12.7. The standard InChI is InChI=1S/C38H56N3O6/c1-37(2)31-11-6-8-13-33(31)40(18-21-44-26-25-43-20-17-39)35(37)15-10-16-36-38(3,4)32-12-7-9-14-34(32)41(36)19-22-45-27-28-47-30-29-46-24-23-42-5/h6-16H,17-30,39H2,1-5H3/q+1. The van der Waals surface area contributed by atoms with Gasteiger partial charge in [-0.05, 0) is 31.6 Å². The molecule has 0 aromatic heterocycles. The fourth-order valence-electron chi connectivity index (χ4n) is 6.40. The molecule has 0 spiro atoms. The Bertz CT molecular complexity index is 1350. The molecule has 47 heavy (non-hydrogen) atoms. The Labute approximate surface area is 281 Å². The molecule has 9 heteroatoms. The lowest BCUT2D eigenvalue weighted by molar-refractivity contribution is -0.442. The van der Waals surface area contributed by atoms with E-state index in [1.54, 1.807) is 7.11 Å². The van der Waals surface area contributed by atoms with Gasteiger partial charge in [0.05, 0.1) is 71.5 Å². The zero-order chi connectivity index (χ0) is 33.5. The molecule has 9 nitrogen and oxygen atoms in total. The third kappa shape index (κ3) is 9.60. The van der Waals surface area contributed by atoms with Crippen LogP contribution < -0.4 is 10.6 Å². The molecule has 2 heterocycles. The van der Waals surface area contributed by atoms with E-state index < -0.39 is 0 Å². The zero-order valence-electron chi connectivity index (χ0n) is 29.2. The Morgan fingerprint density at radius 2 is 1.26 bits per heavy atom. The Morgan fingerprint density at radius 1 is 0.681 bits per heavy atom. The number of nitrogens with two attached hydrogens (primary N) is 1. The van der Waals surface area contributed by atoms with Crippen LogP contribution in [0.5, 0.6) is 0 Å². The van der Waals surface area contributed by atoms with Crippen LogP contribution >= 0.6 is 0 Å². The Morgan fingerprint density at radius 3 is 1.94 bits per heavy atom. The molecule has 2 N–H and O–H groups in total. The van der Waals surface area contributed by atoms with E-state index in [9.17, 15) is 0 Å². The summed E-state index contributed by atoms with van der Waals surface area (Å²) in [6.45, 7) is 17.5. The SMILES string of the molecule is COCCOCCOCCOCCN1/C(=C/C=C/C2=[N+](CCOCCOCCN)c3ccccc3C2(C)C)C(C)(C)c2ccccc21. The number of hydrogen-bond acceptors (Lipinski definition) is 8. The van der Waals surface area contributed by atoms with E-state index >= 15 is 0 Å². The van der Waals surface area contributed by atoms with Gasteiger partial charge in [0, 0.05) is 54.7 Å². The van der Waals surface area contributed by atoms with Crippen molar-refractivity contribution < 1.29 is 33.0 Å². The number of benzene rings is 2. The lowest BCUT2D eigenvalue weighted by atomic mass is 9.81. The Balaban J connectivity index is 1.44. The fourth-order valence-corrected chi connectivity index (χ4v) is 6.40. The van der Waals surface area contributed by atoms with Crippen molar-refractivity contribution in [1.29, 1.82) is 0 Å². The molecule has 0 aliphatic carbocycles. The van der Waals surface area contributed by atoms with Gasteiger partial charge in [-0.15, -0.1) is 0 Å². The summed E-state index contributed by atoms with van der Waals surface area (Å²) in [7, 11) is 1.67. The number of rotatable bonds is 22. The predicted octanol–water partition coefficient (Wildman–Crippen LogP) is 4.99. The molecule has 0 bridgehead atoms. The van der Waals surface area contributed by atoms with Gasteiger partial charge in [0.25, 0.3) is 0 Å². The molecule has 0 saturated carbocycles. The van der Waals surface area contributed by atoms with Gasteiger partial charge in [-0.2, -0.15) is 4.58 Å². The van der Waals surface area contributed by atoms with Crippen LogP contribution in [0.4, 0.5) is 11.4 Å². The third-order valence-electron chi connectivity index (χ3n) is 8.84. The van der Waals surface area contributed by atoms with E-state index in [1.165, 1.54) is 33.9 Å². The van der Waals surface area contributed by atoms with Crippen molar-refractivity contribution in [2.45, 2.75) is 38.5 Å². The molecule has 2 aliphatic rings. The molecule has 0 radical (unpaired) electrons. The van der Waals surface area contributed by atoms with Gasteiger partial charge in [-0.3, -0.25) is 0 Å². The van der Waals surface area contributed by atoms with Gasteiger partial charge in [-0.25, -0.2) is 0 Å². The lowest BCUT2D eigenvalue weighted by Gasteiger charge is -2.27. The van der Waals surface area contributed by atoms with Crippen molar-refractivity contribution >= 4 is 17.1 Å². The predicted molar refractivity (Wildman–Crippen MR) is 188 cm³/mol. The minimum atomic E-state index is -0.148. The van der Waals surface area contributed by atoms with Crippen molar-refractivity contribution in [2.24, 2.45) is 5.73 Å². The van der Waals surface area contributed by atoms with Gasteiger partial charge in [0.15, 0.2) is 12.3 Å². The molecule has 2 aromatic rings. The van der Waals surface area contributed by atoms with E-state index in [0.29, 0.717) is 79.2 Å². The van der Waals surface area contributed by atoms with Gasteiger partial charge in [-0.1, -0.05) is 56.3 Å². The van der Waals surface area contributed by atoms with Crippen molar-refractivity contribution in [1.82, 2.24) is 0 Å². The van der Waals surface area contributed by atoms with Crippen molar-refractivity contribution in [3.05, 3.63) is 83.6 Å². The highest BCUT2D eigenvalue weighted by Gasteiger charge is 2.44. The van der Waals surface area contributed by atoms with Crippen LogP contribution in [0.1, 0.15) is 38.8 Å². The summed E-state index contributed by atoms with van der Waals surface area (Å²) in [4.78, 5) is 2.40. The number of ether oxygens (including phenoxy) is 6. The van der Waals surface area contributed by atoms with Crippen LogP contribution in [0.15, 0.2) is 72.5 Å². The van der Waals surface area contributed by atoms with E-state index in [2.05, 4.69) is 104 Å². The summed E-state index contributed by atoms with van der Waals surface area (Å²) in [5, 5.41) is 0. The summed E-state index contributed by atoms with van der Waals surface area (Å²) in [6.07, 6.45) is 6.78. The summed E-state index contributed by atoms with van der Waals surface area (Å²) in [5.41, 5.74) is 12.9. The quantitative estimate of drug-likeness (QED) is 0.141. The Kier molecular flexibility index (Phi) is 14.6. The van der Waals surface area contributed by atoms with E-state index in [-0.39, 0.29) is 10.8 Å². The maximum Gasteiger partial charge on any atom is 0.209 e. The van der Waals surface area contributed by atoms with Crippen molar-refractivity contribution in [3.63, 3.8) is 0 Å². The summed E-state index contributed by atoms with van der Waals surface area (Å²) >= 11 is 0. The highest BCUT2D eigenvalue weighted by molar-refractivity contribution is 6.03. The summed E-state index contributed by atoms with van der Waals surface area (Å²) in [5.74, 6) is 0. The minimum absolute atomic E-state index is 0.143. The van der Waals surface area contributed by atoms with Crippen molar-refractivity contribution in [2.75, 3.05) is 104 Å². The maximum absolute atomic E-state index is 6.00. The summed E-state index contributed by atoms with van der Waals surface area (Å²) < 4.78 is 35.9. The average Bonchev–Trinajstić information content (AvgIpc) is 3.42. The van der Waals surface area contributed by atoms with Crippen molar-refractivity contribution in [3.8, 4) is 0 Å². The number of fused-ring (bicyclic) bond motifs is 2. The first-order valence-corrected chi connectivity index (χ1v) is 16.9. The van der Waals surface area contributed by atoms with Crippen LogP contribution in [-0.4, -0.2) is 110 Å². The first-order chi connectivity index (χ1) is 22.8. The Hall–Kier alpha value is -2.89. The molecule has 0 atom stereocenters. The van der Waals surface area contributed by atoms with E-state index in [4.69, 9.17) is 34.2 Å². The average molecular weight is 651 g/mol. The largest absolute Gasteiger partial charge is 0.382 e. The van der Waals surface area contributed by atoms with E-state index in [1.807, 2.05) is 0 Å².